The highest BCUT2D eigenvalue weighted by molar-refractivity contribution is 5.81. The smallest absolute Gasteiger partial charge is 0.306 e. The summed E-state index contributed by atoms with van der Waals surface area (Å²) in [5.74, 6) is -0.674. The number of ketones is 1. The number of allylic oxidation sites excluding steroid dienone is 1. The fourth-order valence-corrected chi connectivity index (χ4v) is 6.20. The van der Waals surface area contributed by atoms with Crippen molar-refractivity contribution in [1.82, 2.24) is 5.32 Å². The summed E-state index contributed by atoms with van der Waals surface area (Å²) in [5, 5.41) is 13.7. The first kappa shape index (κ1) is 41.3. The zero-order valence-electron chi connectivity index (χ0n) is 29.3. The number of carbonyl (C=O) groups excluding carboxylic acids is 3. The summed E-state index contributed by atoms with van der Waals surface area (Å²) in [6, 6.07) is -0.696. The average Bonchev–Trinajstić information content (AvgIpc) is 3.02. The van der Waals surface area contributed by atoms with Crippen LogP contribution in [-0.2, 0) is 19.1 Å². The van der Waals surface area contributed by atoms with Crippen LogP contribution in [0.2, 0.25) is 0 Å². The van der Waals surface area contributed by atoms with E-state index in [0.29, 0.717) is 6.42 Å². The van der Waals surface area contributed by atoms with Gasteiger partial charge in [0.15, 0.2) is 0 Å². The first-order chi connectivity index (χ1) is 22.0. The number of rotatable bonds is 5. The standard InChI is InChI=1S/C39H71NO5/c1-35(41)32-33-39(44)45-34-36-37(42)30-28-26-24-22-20-18-16-14-12-10-8-6-4-2-3-5-7-9-11-13-15-17-19-21-23-25-27-29-31-38(43)40-36/h28,30,36-37,42H,2-27,29,31-34H2,1H3,(H,40,43)/b30-28+/t36-,37+/m0/s1. The van der Waals surface area contributed by atoms with Gasteiger partial charge in [-0.25, -0.2) is 0 Å². The molecule has 1 amide bonds. The van der Waals surface area contributed by atoms with Crippen molar-refractivity contribution in [2.75, 3.05) is 6.61 Å². The van der Waals surface area contributed by atoms with E-state index in [2.05, 4.69) is 5.32 Å². The number of ether oxygens (including phenoxy) is 1. The molecule has 0 fully saturated rings. The van der Waals surface area contributed by atoms with Crippen LogP contribution in [-0.4, -0.2) is 41.5 Å². The zero-order valence-corrected chi connectivity index (χ0v) is 29.3. The van der Waals surface area contributed by atoms with Crippen LogP contribution in [0.4, 0.5) is 0 Å². The summed E-state index contributed by atoms with van der Waals surface area (Å²) in [4.78, 5) is 35.9. The Labute approximate surface area is 277 Å². The minimum Gasteiger partial charge on any atom is -0.463 e. The molecule has 0 radical (unpaired) electrons. The summed E-state index contributed by atoms with van der Waals surface area (Å²) in [6.07, 6.45) is 38.2. The van der Waals surface area contributed by atoms with E-state index in [9.17, 15) is 19.5 Å². The van der Waals surface area contributed by atoms with Crippen molar-refractivity contribution in [3.05, 3.63) is 12.2 Å². The van der Waals surface area contributed by atoms with Gasteiger partial charge in [-0.3, -0.25) is 9.59 Å². The molecule has 0 aromatic heterocycles. The number of nitrogens with one attached hydrogen (secondary N) is 1. The van der Waals surface area contributed by atoms with Crippen LogP contribution < -0.4 is 5.32 Å². The number of aliphatic hydroxyl groups is 1. The van der Waals surface area contributed by atoms with Crippen LogP contribution >= 0.6 is 0 Å². The number of carbonyl (C=O) groups is 3. The maximum atomic E-state index is 12.7. The normalized spacial score (nSPS) is 24.4. The topological polar surface area (TPSA) is 92.7 Å². The van der Waals surface area contributed by atoms with Gasteiger partial charge in [-0.15, -0.1) is 0 Å². The number of aliphatic hydroxyl groups excluding tert-OH is 1. The van der Waals surface area contributed by atoms with Gasteiger partial charge in [0.25, 0.3) is 0 Å². The molecule has 6 heteroatoms. The van der Waals surface area contributed by atoms with E-state index in [1.165, 1.54) is 148 Å². The van der Waals surface area contributed by atoms with Gasteiger partial charge in [-0.05, 0) is 26.2 Å². The minimum atomic E-state index is -0.933. The fourth-order valence-electron chi connectivity index (χ4n) is 6.20. The van der Waals surface area contributed by atoms with Crippen molar-refractivity contribution in [1.29, 1.82) is 0 Å². The Kier molecular flexibility index (Phi) is 28.4. The molecule has 0 spiro atoms. The summed E-state index contributed by atoms with van der Waals surface area (Å²) in [5.41, 5.74) is 0. The fraction of sp³-hybridized carbons (Fsp3) is 0.872. The molecule has 262 valence electrons. The Balaban J connectivity index is 2.47. The van der Waals surface area contributed by atoms with Gasteiger partial charge in [0.1, 0.15) is 12.4 Å². The second kappa shape index (κ2) is 30.9. The lowest BCUT2D eigenvalue weighted by atomic mass is 10.0. The SMILES string of the molecule is CC(=O)CCC(=O)OC[C@@H]1NC(=O)CCCCCCCCCCCCCCCCCCCCCCCCCCCC/C=C/[C@H]1O. The largest absolute Gasteiger partial charge is 0.463 e. The number of Topliss-reactive ketones (excluding diaryl/α,β-unsaturated/α-hetero) is 1. The average molecular weight is 634 g/mol. The quantitative estimate of drug-likeness (QED) is 0.232. The van der Waals surface area contributed by atoms with Crippen molar-refractivity contribution in [2.24, 2.45) is 0 Å². The summed E-state index contributed by atoms with van der Waals surface area (Å²) in [7, 11) is 0. The second-order valence-corrected chi connectivity index (χ2v) is 13.7. The van der Waals surface area contributed by atoms with Gasteiger partial charge >= 0.3 is 5.97 Å². The molecule has 0 unspecified atom stereocenters. The lowest BCUT2D eigenvalue weighted by molar-refractivity contribution is -0.146. The Bertz CT molecular complexity index is 752. The zero-order chi connectivity index (χ0) is 32.6. The van der Waals surface area contributed by atoms with Gasteiger partial charge in [-0.2, -0.15) is 0 Å². The molecule has 2 atom stereocenters. The van der Waals surface area contributed by atoms with Crippen LogP contribution in [0.15, 0.2) is 12.2 Å². The number of esters is 1. The Morgan fingerprint density at radius 3 is 1.42 bits per heavy atom. The highest BCUT2D eigenvalue weighted by atomic mass is 16.5. The highest BCUT2D eigenvalue weighted by Gasteiger charge is 2.21. The van der Waals surface area contributed by atoms with Gasteiger partial charge in [0.05, 0.1) is 18.6 Å². The molecule has 1 aliphatic heterocycles. The first-order valence-electron chi connectivity index (χ1n) is 19.3. The van der Waals surface area contributed by atoms with Gasteiger partial charge in [0, 0.05) is 12.8 Å². The van der Waals surface area contributed by atoms with E-state index in [4.69, 9.17) is 4.74 Å². The van der Waals surface area contributed by atoms with E-state index < -0.39 is 18.1 Å². The van der Waals surface area contributed by atoms with Crippen molar-refractivity contribution in [3.63, 3.8) is 0 Å². The molecule has 45 heavy (non-hydrogen) atoms. The summed E-state index contributed by atoms with van der Waals surface area (Å²) >= 11 is 0. The number of amides is 1. The third-order valence-electron chi connectivity index (χ3n) is 9.22. The summed E-state index contributed by atoms with van der Waals surface area (Å²) < 4.78 is 5.32. The van der Waals surface area contributed by atoms with Crippen molar-refractivity contribution >= 4 is 17.7 Å². The highest BCUT2D eigenvalue weighted by Crippen LogP contribution is 2.16. The molecular weight excluding hydrogens is 562 g/mol. The molecule has 1 rings (SSSR count). The van der Waals surface area contributed by atoms with Crippen molar-refractivity contribution in [2.45, 2.75) is 212 Å². The van der Waals surface area contributed by atoms with E-state index >= 15 is 0 Å². The molecule has 1 heterocycles. The number of hydrogen-bond donors (Lipinski definition) is 2. The molecular formula is C39H71NO5. The van der Waals surface area contributed by atoms with Crippen LogP contribution in [0.1, 0.15) is 200 Å². The molecule has 0 bridgehead atoms. The third-order valence-corrected chi connectivity index (χ3v) is 9.22. The molecule has 6 nitrogen and oxygen atoms in total. The summed E-state index contributed by atoms with van der Waals surface area (Å²) in [6.45, 7) is 1.34. The minimum absolute atomic E-state index is 0.0158. The third kappa shape index (κ3) is 28.3. The van der Waals surface area contributed by atoms with Crippen LogP contribution in [0.5, 0.6) is 0 Å². The van der Waals surface area contributed by atoms with E-state index in [1.54, 1.807) is 6.08 Å². The molecule has 0 saturated heterocycles. The first-order valence-corrected chi connectivity index (χ1v) is 19.3. The van der Waals surface area contributed by atoms with E-state index in [0.717, 1.165) is 32.1 Å². The predicted octanol–water partition coefficient (Wildman–Crippen LogP) is 10.2. The predicted molar refractivity (Wildman–Crippen MR) is 187 cm³/mol. The monoisotopic (exact) mass is 634 g/mol. The molecule has 1 aliphatic rings. The molecule has 2 N–H and O–H groups in total. The Morgan fingerprint density at radius 1 is 0.644 bits per heavy atom. The Hall–Kier alpha value is -1.69. The maximum absolute atomic E-state index is 12.7. The van der Waals surface area contributed by atoms with Crippen LogP contribution in [0, 0.1) is 0 Å². The van der Waals surface area contributed by atoms with Gasteiger partial charge < -0.3 is 20.0 Å². The lowest BCUT2D eigenvalue weighted by Gasteiger charge is -2.22. The maximum Gasteiger partial charge on any atom is 0.306 e. The Morgan fingerprint density at radius 2 is 1.02 bits per heavy atom. The second-order valence-electron chi connectivity index (χ2n) is 13.7. The van der Waals surface area contributed by atoms with Crippen molar-refractivity contribution < 1.29 is 24.2 Å². The van der Waals surface area contributed by atoms with E-state index in [-0.39, 0.29) is 31.1 Å². The molecule has 0 aromatic carbocycles. The van der Waals surface area contributed by atoms with E-state index in [1.807, 2.05) is 6.08 Å². The van der Waals surface area contributed by atoms with Crippen LogP contribution in [0.3, 0.4) is 0 Å². The van der Waals surface area contributed by atoms with Gasteiger partial charge in [0.2, 0.25) is 5.91 Å². The van der Waals surface area contributed by atoms with Crippen LogP contribution in [0.25, 0.3) is 0 Å². The lowest BCUT2D eigenvalue weighted by Crippen LogP contribution is -2.46. The van der Waals surface area contributed by atoms with Crippen molar-refractivity contribution in [3.8, 4) is 0 Å². The number of hydrogen-bond acceptors (Lipinski definition) is 5. The molecule has 0 aromatic rings. The molecule has 0 saturated carbocycles. The molecule has 0 aliphatic carbocycles. The van der Waals surface area contributed by atoms with Gasteiger partial charge in [-0.1, -0.05) is 166 Å².